The molecule has 0 radical (unpaired) electrons. The molecule has 0 saturated carbocycles. The maximum atomic E-state index is 12.5. The number of carbonyl (C=O) groups excluding carboxylic acids is 3. The van der Waals surface area contributed by atoms with Crippen molar-refractivity contribution in [2.75, 3.05) is 11.4 Å². The second-order valence-corrected chi connectivity index (χ2v) is 5.50. The Hall–Kier alpha value is -2.28. The number of imide groups is 1. The summed E-state index contributed by atoms with van der Waals surface area (Å²) in [6, 6.07) is 4.13. The third-order valence-electron chi connectivity index (χ3n) is 3.99. The van der Waals surface area contributed by atoms with Gasteiger partial charge in [0.05, 0.1) is 6.04 Å². The summed E-state index contributed by atoms with van der Waals surface area (Å²) >= 11 is 0. The molecule has 2 atom stereocenters. The van der Waals surface area contributed by atoms with Crippen molar-refractivity contribution < 1.29 is 14.4 Å². The molecule has 7 nitrogen and oxygen atoms in total. The zero-order chi connectivity index (χ0) is 15.5. The van der Waals surface area contributed by atoms with Gasteiger partial charge in [-0.2, -0.15) is 0 Å². The molecule has 2 aliphatic rings. The largest absolute Gasteiger partial charge is 0.343 e. The number of nitrogens with one attached hydrogen (secondary N) is 2. The van der Waals surface area contributed by atoms with E-state index in [1.165, 1.54) is 6.20 Å². The fraction of sp³-hybridized carbons (Fsp3) is 0.467. The topological polar surface area (TPSA) is 91.4 Å². The molecule has 1 unspecified atom stereocenters. The van der Waals surface area contributed by atoms with E-state index >= 15 is 0 Å². The van der Waals surface area contributed by atoms with Crippen LogP contribution in [0.3, 0.4) is 0 Å². The van der Waals surface area contributed by atoms with Crippen molar-refractivity contribution in [1.82, 2.24) is 15.6 Å². The van der Waals surface area contributed by atoms with Crippen molar-refractivity contribution in [2.45, 2.75) is 37.8 Å². The normalized spacial score (nSPS) is 25.4. The van der Waals surface area contributed by atoms with Crippen molar-refractivity contribution >= 4 is 23.5 Å². The van der Waals surface area contributed by atoms with Gasteiger partial charge in [-0.3, -0.25) is 14.4 Å². The summed E-state index contributed by atoms with van der Waals surface area (Å²) in [4.78, 5) is 41.8. The fourth-order valence-electron chi connectivity index (χ4n) is 2.82. The number of amides is 3. The highest BCUT2D eigenvalue weighted by Gasteiger charge is 2.37. The lowest BCUT2D eigenvalue weighted by atomic mass is 10.0. The first-order valence-electron chi connectivity index (χ1n) is 7.48. The first-order chi connectivity index (χ1) is 10.7. The van der Waals surface area contributed by atoms with E-state index in [1.54, 1.807) is 18.2 Å². The van der Waals surface area contributed by atoms with Crippen molar-refractivity contribution in [1.29, 1.82) is 0 Å². The predicted molar refractivity (Wildman–Crippen MR) is 78.9 cm³/mol. The fourth-order valence-corrected chi connectivity index (χ4v) is 2.82. The van der Waals surface area contributed by atoms with Crippen molar-refractivity contribution in [3.05, 3.63) is 24.4 Å². The highest BCUT2D eigenvalue weighted by molar-refractivity contribution is 6.18. The van der Waals surface area contributed by atoms with Gasteiger partial charge in [-0.1, -0.05) is 6.07 Å². The zero-order valence-electron chi connectivity index (χ0n) is 12.1. The number of anilines is 1. The molecular weight excluding hydrogens is 284 g/mol. The number of carbonyl (C=O) groups is 3. The molecular formula is C15H18N4O3. The second kappa shape index (κ2) is 6.23. The summed E-state index contributed by atoms with van der Waals surface area (Å²) in [7, 11) is 0. The Balaban J connectivity index is 1.72. The maximum Gasteiger partial charge on any atom is 0.257 e. The van der Waals surface area contributed by atoms with Crippen molar-refractivity contribution in [3.63, 3.8) is 0 Å². The molecule has 116 valence electrons. The minimum absolute atomic E-state index is 0.175. The molecule has 2 fully saturated rings. The number of rotatable bonds is 3. The molecule has 22 heavy (non-hydrogen) atoms. The monoisotopic (exact) mass is 302 g/mol. The lowest BCUT2D eigenvalue weighted by Gasteiger charge is -2.30. The molecule has 2 saturated heterocycles. The van der Waals surface area contributed by atoms with E-state index < -0.39 is 11.9 Å². The number of nitrogens with zero attached hydrogens (tertiary/aromatic N) is 2. The summed E-state index contributed by atoms with van der Waals surface area (Å²) in [5.41, 5.74) is 0. The van der Waals surface area contributed by atoms with E-state index in [-0.39, 0.29) is 24.3 Å². The van der Waals surface area contributed by atoms with E-state index in [0.717, 1.165) is 24.3 Å². The van der Waals surface area contributed by atoms with Crippen LogP contribution in [0.4, 0.5) is 5.82 Å². The molecule has 1 aromatic heterocycles. The van der Waals surface area contributed by atoms with Crippen LogP contribution >= 0.6 is 0 Å². The number of hydrogen-bond donors (Lipinski definition) is 2. The third kappa shape index (κ3) is 2.85. The van der Waals surface area contributed by atoms with Gasteiger partial charge in [0.15, 0.2) is 0 Å². The Morgan fingerprint density at radius 1 is 1.32 bits per heavy atom. The lowest BCUT2D eigenvalue weighted by Crippen LogP contribution is -2.57. The number of aromatic nitrogens is 1. The quantitative estimate of drug-likeness (QED) is 0.765. The Morgan fingerprint density at radius 3 is 2.86 bits per heavy atom. The smallest absolute Gasteiger partial charge is 0.257 e. The van der Waals surface area contributed by atoms with Crippen LogP contribution in [0, 0.1) is 0 Å². The van der Waals surface area contributed by atoms with Gasteiger partial charge < -0.3 is 10.6 Å². The molecule has 3 rings (SSSR count). The van der Waals surface area contributed by atoms with Crippen LogP contribution in [0.1, 0.15) is 25.7 Å². The first kappa shape index (κ1) is 14.6. The second-order valence-electron chi connectivity index (χ2n) is 5.50. The lowest BCUT2D eigenvalue weighted by molar-refractivity contribution is -0.134. The summed E-state index contributed by atoms with van der Waals surface area (Å²) in [6.45, 7) is 0.815. The Morgan fingerprint density at radius 2 is 2.18 bits per heavy atom. The average molecular weight is 302 g/mol. The minimum atomic E-state index is -0.672. The molecule has 3 heterocycles. The van der Waals surface area contributed by atoms with Gasteiger partial charge >= 0.3 is 0 Å². The van der Waals surface area contributed by atoms with Crippen LogP contribution in [0.25, 0.3) is 0 Å². The van der Waals surface area contributed by atoms with Gasteiger partial charge in [-0.05, 0) is 37.9 Å². The molecule has 0 bridgehead atoms. The van der Waals surface area contributed by atoms with Crippen LogP contribution in [0.2, 0.25) is 0 Å². The van der Waals surface area contributed by atoms with E-state index in [1.807, 2.05) is 0 Å². The highest BCUT2D eigenvalue weighted by atomic mass is 16.2. The van der Waals surface area contributed by atoms with E-state index in [9.17, 15) is 14.4 Å². The SMILES string of the molecule is O=C(NC1CCC(=O)N(c2ccccn2)C1=O)[C@@H]1CCCN1. The average Bonchev–Trinajstić information content (AvgIpc) is 3.06. The third-order valence-corrected chi connectivity index (χ3v) is 3.99. The summed E-state index contributed by atoms with van der Waals surface area (Å²) in [6.07, 6.45) is 3.80. The molecule has 0 spiro atoms. The standard InChI is InChI=1S/C15H18N4O3/c20-13-7-6-11(18-14(21)10-4-3-9-16-10)15(22)19(13)12-5-1-2-8-17-12/h1-2,5,8,10-11,16H,3-4,6-7,9H2,(H,18,21)/t10-,11?/m0/s1. The summed E-state index contributed by atoms with van der Waals surface area (Å²) < 4.78 is 0. The van der Waals surface area contributed by atoms with Crippen molar-refractivity contribution in [3.8, 4) is 0 Å². The maximum absolute atomic E-state index is 12.5. The van der Waals surface area contributed by atoms with E-state index in [0.29, 0.717) is 12.2 Å². The predicted octanol–water partition coefficient (Wildman–Crippen LogP) is -0.0282. The van der Waals surface area contributed by atoms with E-state index in [2.05, 4.69) is 15.6 Å². The molecule has 1 aromatic rings. The Bertz CT molecular complexity index is 584. The van der Waals surface area contributed by atoms with Gasteiger partial charge in [0.2, 0.25) is 11.8 Å². The van der Waals surface area contributed by atoms with Gasteiger partial charge in [0, 0.05) is 12.6 Å². The van der Waals surface area contributed by atoms with Crippen LogP contribution in [0.5, 0.6) is 0 Å². The number of hydrogen-bond acceptors (Lipinski definition) is 5. The molecule has 7 heteroatoms. The zero-order valence-corrected chi connectivity index (χ0v) is 12.1. The number of piperidine rings is 1. The minimum Gasteiger partial charge on any atom is -0.343 e. The Kier molecular flexibility index (Phi) is 4.15. The summed E-state index contributed by atoms with van der Waals surface area (Å²) in [5, 5.41) is 5.85. The van der Waals surface area contributed by atoms with Gasteiger partial charge in [0.25, 0.3) is 5.91 Å². The molecule has 2 N–H and O–H groups in total. The van der Waals surface area contributed by atoms with Gasteiger partial charge in [-0.15, -0.1) is 0 Å². The Labute approximate surface area is 128 Å². The van der Waals surface area contributed by atoms with Crippen LogP contribution in [-0.2, 0) is 14.4 Å². The first-order valence-corrected chi connectivity index (χ1v) is 7.48. The highest BCUT2D eigenvalue weighted by Crippen LogP contribution is 2.20. The van der Waals surface area contributed by atoms with Crippen LogP contribution in [0.15, 0.2) is 24.4 Å². The molecule has 2 aliphatic heterocycles. The van der Waals surface area contributed by atoms with Crippen LogP contribution < -0.4 is 15.5 Å². The molecule has 0 aromatic carbocycles. The van der Waals surface area contributed by atoms with Gasteiger partial charge in [-0.25, -0.2) is 9.88 Å². The van der Waals surface area contributed by atoms with Crippen LogP contribution in [-0.4, -0.2) is 41.3 Å². The summed E-state index contributed by atoms with van der Waals surface area (Å²) in [5.74, 6) is -0.573. The molecule has 3 amide bonds. The van der Waals surface area contributed by atoms with E-state index in [4.69, 9.17) is 0 Å². The van der Waals surface area contributed by atoms with Gasteiger partial charge in [0.1, 0.15) is 11.9 Å². The molecule has 0 aliphatic carbocycles. The van der Waals surface area contributed by atoms with Crippen molar-refractivity contribution in [2.24, 2.45) is 0 Å². The number of pyridine rings is 1.